The van der Waals surface area contributed by atoms with Gasteiger partial charge in [-0.1, -0.05) is 24.3 Å². The minimum Gasteiger partial charge on any atom is -0.349 e. The van der Waals surface area contributed by atoms with Crippen LogP contribution in [-0.4, -0.2) is 47.6 Å². The zero-order chi connectivity index (χ0) is 20.3. The minimum absolute atomic E-state index is 0.0380. The molecule has 3 unspecified atom stereocenters. The predicted octanol–water partition coefficient (Wildman–Crippen LogP) is 5.10. The van der Waals surface area contributed by atoms with Crippen LogP contribution in [0.2, 0.25) is 0 Å². The van der Waals surface area contributed by atoms with Crippen LogP contribution in [0.1, 0.15) is 35.1 Å². The molecule has 5 heteroatoms. The van der Waals surface area contributed by atoms with E-state index in [9.17, 15) is 4.39 Å². The van der Waals surface area contributed by atoms with Crippen molar-refractivity contribution in [3.63, 3.8) is 0 Å². The first kappa shape index (κ1) is 19.3. The first-order valence-electron chi connectivity index (χ1n) is 10.4. The molecular formula is C24H27BrFN3. The van der Waals surface area contributed by atoms with E-state index in [1.165, 1.54) is 22.0 Å². The van der Waals surface area contributed by atoms with Crippen LogP contribution in [-0.2, 0) is 13.5 Å². The molecule has 152 valence electrons. The lowest BCUT2D eigenvalue weighted by Crippen LogP contribution is -2.35. The molecule has 3 nitrogen and oxygen atoms in total. The molecule has 0 radical (unpaired) electrons. The number of aromatic nitrogens is 1. The van der Waals surface area contributed by atoms with Gasteiger partial charge < -0.3 is 9.47 Å². The summed E-state index contributed by atoms with van der Waals surface area (Å²) in [4.78, 5) is 4.87. The molecule has 2 aromatic carbocycles. The van der Waals surface area contributed by atoms with Crippen molar-refractivity contribution >= 4 is 26.8 Å². The second-order valence-electron chi connectivity index (χ2n) is 8.79. The van der Waals surface area contributed by atoms with Crippen molar-refractivity contribution in [3.05, 3.63) is 69.6 Å². The van der Waals surface area contributed by atoms with Gasteiger partial charge >= 0.3 is 0 Å². The van der Waals surface area contributed by atoms with Gasteiger partial charge in [0.15, 0.2) is 0 Å². The van der Waals surface area contributed by atoms with Gasteiger partial charge in [-0.15, -0.1) is 0 Å². The molecule has 3 aromatic rings. The van der Waals surface area contributed by atoms with Crippen LogP contribution in [0.4, 0.5) is 4.39 Å². The SMILES string of the molecule is CN(C)C1CN(C2CCc3cccc(F)c32)CC1c1cn(C)c2c(Br)cccc12. The molecule has 0 amide bonds. The number of fused-ring (bicyclic) bond motifs is 2. The average Bonchev–Trinajstić information content (AvgIpc) is 3.37. The van der Waals surface area contributed by atoms with Crippen molar-refractivity contribution in [2.45, 2.75) is 30.8 Å². The van der Waals surface area contributed by atoms with E-state index in [1.807, 2.05) is 6.07 Å². The highest BCUT2D eigenvalue weighted by Gasteiger charge is 2.42. The Labute approximate surface area is 180 Å². The third-order valence-corrected chi connectivity index (χ3v) is 7.61. The summed E-state index contributed by atoms with van der Waals surface area (Å²) < 4.78 is 18.0. The summed E-state index contributed by atoms with van der Waals surface area (Å²) in [5.74, 6) is 0.364. The number of hydrogen-bond acceptors (Lipinski definition) is 2. The van der Waals surface area contributed by atoms with Gasteiger partial charge in [0.1, 0.15) is 5.82 Å². The number of likely N-dealkylation sites (tertiary alicyclic amines) is 1. The van der Waals surface area contributed by atoms with Gasteiger partial charge in [0.05, 0.1) is 5.52 Å². The highest BCUT2D eigenvalue weighted by Crippen LogP contribution is 2.44. The third kappa shape index (κ3) is 3.06. The molecule has 0 saturated carbocycles. The molecule has 0 N–H and O–H groups in total. The molecule has 2 heterocycles. The number of halogens is 2. The number of aryl methyl sites for hydroxylation is 2. The smallest absolute Gasteiger partial charge is 0.128 e. The van der Waals surface area contributed by atoms with Crippen LogP contribution in [0, 0.1) is 5.82 Å². The second-order valence-corrected chi connectivity index (χ2v) is 9.64. The van der Waals surface area contributed by atoms with E-state index < -0.39 is 0 Å². The van der Waals surface area contributed by atoms with Crippen molar-refractivity contribution in [3.8, 4) is 0 Å². The van der Waals surface area contributed by atoms with Crippen molar-refractivity contribution in [2.75, 3.05) is 27.2 Å². The quantitative estimate of drug-likeness (QED) is 0.544. The number of hydrogen-bond donors (Lipinski definition) is 0. The van der Waals surface area contributed by atoms with Crippen LogP contribution in [0.25, 0.3) is 10.9 Å². The Kier molecular flexibility index (Phi) is 4.80. The molecule has 1 aliphatic carbocycles. The Morgan fingerprint density at radius 3 is 2.69 bits per heavy atom. The van der Waals surface area contributed by atoms with Gasteiger partial charge in [-0.05, 0) is 66.1 Å². The van der Waals surface area contributed by atoms with Gasteiger partial charge in [0.2, 0.25) is 0 Å². The van der Waals surface area contributed by atoms with Crippen molar-refractivity contribution in [1.82, 2.24) is 14.4 Å². The Balaban J connectivity index is 1.54. The van der Waals surface area contributed by atoms with Crippen molar-refractivity contribution in [1.29, 1.82) is 0 Å². The fourth-order valence-electron chi connectivity index (χ4n) is 5.62. The standard InChI is InChI=1S/C24H27BrFN3/c1-27(2)22-14-29(21-11-10-15-6-4-9-20(26)23(15)21)13-18(22)17-12-28(3)24-16(17)7-5-8-19(24)25/h4-9,12,18,21-22H,10-11,13-14H2,1-3H3. The summed E-state index contributed by atoms with van der Waals surface area (Å²) >= 11 is 3.72. The second kappa shape index (κ2) is 7.22. The van der Waals surface area contributed by atoms with E-state index >= 15 is 0 Å². The molecule has 1 fully saturated rings. The van der Waals surface area contributed by atoms with E-state index in [-0.39, 0.29) is 11.9 Å². The Morgan fingerprint density at radius 1 is 1.10 bits per heavy atom. The zero-order valence-electron chi connectivity index (χ0n) is 17.2. The van der Waals surface area contributed by atoms with Gasteiger partial charge in [-0.2, -0.15) is 0 Å². The summed E-state index contributed by atoms with van der Waals surface area (Å²) in [7, 11) is 6.47. The predicted molar refractivity (Wildman–Crippen MR) is 120 cm³/mol. The van der Waals surface area contributed by atoms with Crippen LogP contribution >= 0.6 is 15.9 Å². The number of benzene rings is 2. The lowest BCUT2D eigenvalue weighted by molar-refractivity contribution is 0.213. The molecule has 1 aliphatic heterocycles. The summed E-state index contributed by atoms with van der Waals surface area (Å²) in [6.07, 6.45) is 4.29. The monoisotopic (exact) mass is 455 g/mol. The Hall–Kier alpha value is -1.69. The maximum Gasteiger partial charge on any atom is 0.128 e. The lowest BCUT2D eigenvalue weighted by Gasteiger charge is -2.26. The summed E-state index contributed by atoms with van der Waals surface area (Å²) in [6.45, 7) is 1.94. The van der Waals surface area contributed by atoms with Crippen LogP contribution in [0.3, 0.4) is 0 Å². The first-order chi connectivity index (χ1) is 14.0. The van der Waals surface area contributed by atoms with Gasteiger partial charge in [-0.3, -0.25) is 4.90 Å². The van der Waals surface area contributed by atoms with Gasteiger partial charge in [0, 0.05) is 59.8 Å². The third-order valence-electron chi connectivity index (χ3n) is 6.97. The fraction of sp³-hybridized carbons (Fsp3) is 0.417. The highest BCUT2D eigenvalue weighted by atomic mass is 79.9. The molecular weight excluding hydrogens is 429 g/mol. The molecule has 1 saturated heterocycles. The van der Waals surface area contributed by atoms with Crippen molar-refractivity contribution < 1.29 is 4.39 Å². The average molecular weight is 456 g/mol. The molecule has 29 heavy (non-hydrogen) atoms. The van der Waals surface area contributed by atoms with Crippen molar-refractivity contribution in [2.24, 2.45) is 7.05 Å². The molecule has 0 spiro atoms. The van der Waals surface area contributed by atoms with Crippen LogP contribution in [0.15, 0.2) is 47.1 Å². The molecule has 5 rings (SSSR count). The molecule has 2 aliphatic rings. The normalized spacial score (nSPS) is 24.7. The number of rotatable bonds is 3. The summed E-state index contributed by atoms with van der Waals surface area (Å²) in [5.41, 5.74) is 4.77. The van der Waals surface area contributed by atoms with Gasteiger partial charge in [-0.25, -0.2) is 4.39 Å². The zero-order valence-corrected chi connectivity index (χ0v) is 18.8. The maximum absolute atomic E-state index is 14.7. The molecule has 3 atom stereocenters. The number of likely N-dealkylation sites (N-methyl/N-ethyl adjacent to an activating group) is 1. The van der Waals surface area contributed by atoms with E-state index in [2.05, 4.69) is 81.9 Å². The number of para-hydroxylation sites is 1. The lowest BCUT2D eigenvalue weighted by atomic mass is 9.93. The van der Waals surface area contributed by atoms with E-state index in [1.54, 1.807) is 6.07 Å². The highest BCUT2D eigenvalue weighted by molar-refractivity contribution is 9.10. The summed E-state index contributed by atoms with van der Waals surface area (Å²) in [6, 6.07) is 12.6. The van der Waals surface area contributed by atoms with Crippen LogP contribution < -0.4 is 0 Å². The molecule has 1 aromatic heterocycles. The number of nitrogens with zero attached hydrogens (tertiary/aromatic N) is 3. The largest absolute Gasteiger partial charge is 0.349 e. The fourth-order valence-corrected chi connectivity index (χ4v) is 6.27. The van der Waals surface area contributed by atoms with Gasteiger partial charge in [0.25, 0.3) is 0 Å². The molecule has 0 bridgehead atoms. The summed E-state index contributed by atoms with van der Waals surface area (Å²) in [5, 5.41) is 1.32. The topological polar surface area (TPSA) is 11.4 Å². The van der Waals surface area contributed by atoms with E-state index in [4.69, 9.17) is 0 Å². The minimum atomic E-state index is -0.0380. The first-order valence-corrected chi connectivity index (χ1v) is 11.2. The van der Waals surface area contributed by atoms with Crippen LogP contribution in [0.5, 0.6) is 0 Å². The maximum atomic E-state index is 14.7. The van der Waals surface area contributed by atoms with E-state index in [0.29, 0.717) is 12.0 Å². The Morgan fingerprint density at radius 2 is 1.90 bits per heavy atom. The Bertz CT molecular complexity index is 1070. The van der Waals surface area contributed by atoms with E-state index in [0.717, 1.165) is 36.0 Å².